The van der Waals surface area contributed by atoms with E-state index < -0.39 is 11.5 Å². The van der Waals surface area contributed by atoms with Crippen molar-refractivity contribution in [2.45, 2.75) is 6.92 Å². The molecule has 0 atom stereocenters. The largest absolute Gasteiger partial charge is 0.508 e. The van der Waals surface area contributed by atoms with Crippen molar-refractivity contribution in [3.8, 4) is 34.0 Å². The average Bonchev–Trinajstić information content (AvgIpc) is 3.17. The number of fused-ring (bicyclic) bond motifs is 1. The van der Waals surface area contributed by atoms with Gasteiger partial charge in [-0.25, -0.2) is 14.9 Å². The first kappa shape index (κ1) is 18.2. The second-order valence-electron chi connectivity index (χ2n) is 6.14. The minimum absolute atomic E-state index is 0.0368. The second-order valence-corrected chi connectivity index (χ2v) is 6.14. The molecule has 0 spiro atoms. The summed E-state index contributed by atoms with van der Waals surface area (Å²) in [5.41, 5.74) is 1.53. The molecule has 10 nitrogen and oxygen atoms in total. The first-order chi connectivity index (χ1) is 14.0. The summed E-state index contributed by atoms with van der Waals surface area (Å²) in [4.78, 5) is 30.4. The Hall–Kier alpha value is -4.21. The number of nitrogens with one attached hydrogen (secondary N) is 2. The molecule has 29 heavy (non-hydrogen) atoms. The maximum atomic E-state index is 12.2. The SMILES string of the molecule is CCOc1cc(-c2cc(O)cc(C(=O)O)c2)ccc1-c1nc2[nH]nnc2c(=O)[nH]1. The van der Waals surface area contributed by atoms with Crippen molar-refractivity contribution in [2.24, 2.45) is 0 Å². The molecular weight excluding hydrogens is 378 g/mol. The molecule has 0 saturated heterocycles. The molecule has 0 bridgehead atoms. The van der Waals surface area contributed by atoms with Crippen molar-refractivity contribution in [2.75, 3.05) is 6.61 Å². The predicted molar refractivity (Wildman–Crippen MR) is 103 cm³/mol. The van der Waals surface area contributed by atoms with E-state index in [2.05, 4.69) is 25.4 Å². The summed E-state index contributed by atoms with van der Waals surface area (Å²) in [6, 6.07) is 9.18. The zero-order chi connectivity index (χ0) is 20.5. The lowest BCUT2D eigenvalue weighted by atomic mass is 10.00. The van der Waals surface area contributed by atoms with Crippen LogP contribution in [0.2, 0.25) is 0 Å². The fourth-order valence-electron chi connectivity index (χ4n) is 2.96. The third kappa shape index (κ3) is 3.38. The third-order valence-electron chi connectivity index (χ3n) is 4.24. The highest BCUT2D eigenvalue weighted by Gasteiger charge is 2.15. The topological polar surface area (TPSA) is 154 Å². The van der Waals surface area contributed by atoms with Gasteiger partial charge < -0.3 is 19.9 Å². The number of benzene rings is 2. The summed E-state index contributed by atoms with van der Waals surface area (Å²) in [6.45, 7) is 2.17. The van der Waals surface area contributed by atoms with Gasteiger partial charge in [0.2, 0.25) is 0 Å². The number of hydrogen-bond acceptors (Lipinski definition) is 7. The fourth-order valence-corrected chi connectivity index (χ4v) is 2.96. The fraction of sp³-hybridized carbons (Fsp3) is 0.105. The molecule has 0 radical (unpaired) electrons. The van der Waals surface area contributed by atoms with Gasteiger partial charge in [0, 0.05) is 0 Å². The van der Waals surface area contributed by atoms with Gasteiger partial charge in [0.1, 0.15) is 17.3 Å². The standard InChI is InChI=1S/C19H15N5O5/c1-2-29-14-8-9(10-5-11(19(27)28)7-12(25)6-10)3-4-13(14)16-20-17-15(18(26)21-16)22-24-23-17/h3-8,25H,2H2,1H3,(H,27,28)(H2,20,21,22,23,24,26). The van der Waals surface area contributed by atoms with Crippen LogP contribution in [0.1, 0.15) is 17.3 Å². The Balaban J connectivity index is 1.85. The molecule has 2 aromatic heterocycles. The maximum absolute atomic E-state index is 12.2. The average molecular weight is 393 g/mol. The Morgan fingerprint density at radius 3 is 2.76 bits per heavy atom. The van der Waals surface area contributed by atoms with Crippen molar-refractivity contribution in [1.82, 2.24) is 25.4 Å². The molecule has 4 rings (SSSR count). The first-order valence-electron chi connectivity index (χ1n) is 8.62. The van der Waals surface area contributed by atoms with Crippen LogP contribution in [-0.2, 0) is 0 Å². The van der Waals surface area contributed by atoms with Crippen LogP contribution in [0.3, 0.4) is 0 Å². The lowest BCUT2D eigenvalue weighted by Gasteiger charge is -2.12. The maximum Gasteiger partial charge on any atom is 0.335 e. The highest BCUT2D eigenvalue weighted by molar-refractivity contribution is 5.90. The lowest BCUT2D eigenvalue weighted by Crippen LogP contribution is -2.10. The molecule has 2 aromatic carbocycles. The molecule has 0 fully saturated rings. The number of rotatable bonds is 5. The molecule has 0 saturated carbocycles. The molecule has 0 aliphatic rings. The van der Waals surface area contributed by atoms with Crippen molar-refractivity contribution in [3.63, 3.8) is 0 Å². The van der Waals surface area contributed by atoms with E-state index in [1.54, 1.807) is 18.2 Å². The van der Waals surface area contributed by atoms with Crippen LogP contribution in [0, 0.1) is 0 Å². The third-order valence-corrected chi connectivity index (χ3v) is 4.24. The van der Waals surface area contributed by atoms with Crippen molar-refractivity contribution in [1.29, 1.82) is 0 Å². The zero-order valence-electron chi connectivity index (χ0n) is 15.1. The summed E-state index contributed by atoms with van der Waals surface area (Å²) in [7, 11) is 0. The van der Waals surface area contributed by atoms with Crippen LogP contribution in [0.5, 0.6) is 11.5 Å². The van der Waals surface area contributed by atoms with Gasteiger partial charge in [-0.3, -0.25) is 4.79 Å². The summed E-state index contributed by atoms with van der Waals surface area (Å²) < 4.78 is 5.71. The van der Waals surface area contributed by atoms with Crippen LogP contribution in [-0.4, -0.2) is 48.2 Å². The van der Waals surface area contributed by atoms with Gasteiger partial charge in [0.25, 0.3) is 5.56 Å². The molecule has 10 heteroatoms. The Bertz CT molecular complexity index is 1290. The summed E-state index contributed by atoms with van der Waals surface area (Å²) in [5, 5.41) is 28.9. The van der Waals surface area contributed by atoms with E-state index in [1.807, 2.05) is 6.92 Å². The quantitative estimate of drug-likeness (QED) is 0.402. The molecule has 0 unspecified atom stereocenters. The number of H-pyrrole nitrogens is 2. The van der Waals surface area contributed by atoms with Gasteiger partial charge in [0.05, 0.1) is 17.7 Å². The summed E-state index contributed by atoms with van der Waals surface area (Å²) >= 11 is 0. The monoisotopic (exact) mass is 393 g/mol. The van der Waals surface area contributed by atoms with Crippen molar-refractivity contribution < 1.29 is 19.7 Å². The molecular formula is C19H15N5O5. The molecule has 4 N–H and O–H groups in total. The second kappa shape index (κ2) is 7.08. The Morgan fingerprint density at radius 2 is 2.00 bits per heavy atom. The number of hydrogen-bond donors (Lipinski definition) is 4. The summed E-state index contributed by atoms with van der Waals surface area (Å²) in [5.74, 6) is -0.608. The van der Waals surface area contributed by atoms with Gasteiger partial charge in [-0.2, -0.15) is 0 Å². The van der Waals surface area contributed by atoms with Gasteiger partial charge >= 0.3 is 5.97 Å². The highest BCUT2D eigenvalue weighted by Crippen LogP contribution is 2.34. The molecule has 0 aliphatic heterocycles. The number of aromatic hydroxyl groups is 1. The number of phenols is 1. The van der Waals surface area contributed by atoms with Crippen LogP contribution in [0.25, 0.3) is 33.7 Å². The molecule has 4 aromatic rings. The van der Waals surface area contributed by atoms with Gasteiger partial charge in [0.15, 0.2) is 11.2 Å². The smallest absolute Gasteiger partial charge is 0.335 e. The van der Waals surface area contributed by atoms with Crippen LogP contribution < -0.4 is 10.3 Å². The van der Waals surface area contributed by atoms with E-state index in [4.69, 9.17) is 4.74 Å². The van der Waals surface area contributed by atoms with Crippen molar-refractivity contribution >= 4 is 17.1 Å². The molecule has 0 aliphatic carbocycles. The number of phenolic OH excluding ortho intramolecular Hbond substituents is 1. The molecule has 0 amide bonds. The van der Waals surface area contributed by atoms with Crippen molar-refractivity contribution in [3.05, 3.63) is 52.3 Å². The zero-order valence-corrected chi connectivity index (χ0v) is 15.1. The van der Waals surface area contributed by atoms with Crippen LogP contribution in [0.15, 0.2) is 41.2 Å². The van der Waals surface area contributed by atoms with E-state index >= 15 is 0 Å². The van der Waals surface area contributed by atoms with Crippen LogP contribution in [0.4, 0.5) is 0 Å². The number of carbonyl (C=O) groups is 1. The molecule has 146 valence electrons. The minimum atomic E-state index is -1.15. The lowest BCUT2D eigenvalue weighted by molar-refractivity contribution is 0.0696. The predicted octanol–water partition coefficient (Wildman–Crippen LogP) is 2.18. The first-order valence-corrected chi connectivity index (χ1v) is 8.62. The number of nitrogens with zero attached hydrogens (tertiary/aromatic N) is 3. The number of carboxylic acids is 1. The molecule has 2 heterocycles. The van der Waals surface area contributed by atoms with E-state index in [0.717, 1.165) is 0 Å². The minimum Gasteiger partial charge on any atom is -0.508 e. The highest BCUT2D eigenvalue weighted by atomic mass is 16.5. The Morgan fingerprint density at radius 1 is 1.17 bits per heavy atom. The van der Waals surface area contributed by atoms with E-state index in [0.29, 0.717) is 29.0 Å². The van der Waals surface area contributed by atoms with E-state index in [9.17, 15) is 19.8 Å². The van der Waals surface area contributed by atoms with Gasteiger partial charge in [-0.15, -0.1) is 5.10 Å². The number of aromatic carboxylic acids is 1. The van der Waals surface area contributed by atoms with E-state index in [1.165, 1.54) is 18.2 Å². The van der Waals surface area contributed by atoms with Gasteiger partial charge in [-0.1, -0.05) is 11.3 Å². The number of aromatic amines is 2. The number of ether oxygens (including phenoxy) is 1. The number of carboxylic acid groups (broad SMARTS) is 1. The van der Waals surface area contributed by atoms with Gasteiger partial charge in [-0.05, 0) is 48.4 Å². The Kier molecular flexibility index (Phi) is 4.43. The van der Waals surface area contributed by atoms with Crippen LogP contribution >= 0.6 is 0 Å². The van der Waals surface area contributed by atoms with E-state index in [-0.39, 0.29) is 28.3 Å². The summed E-state index contributed by atoms with van der Waals surface area (Å²) in [6.07, 6.45) is 0. The normalized spacial score (nSPS) is 10.9. The number of aromatic nitrogens is 5. The Labute approximate surface area is 162 Å².